The molecular formula is C13H16N6O2. The number of aliphatic hydroxyl groups is 1. The Balaban J connectivity index is 1.58. The lowest BCUT2D eigenvalue weighted by Gasteiger charge is -2.26. The molecule has 0 aliphatic carbocycles. The van der Waals surface area contributed by atoms with Gasteiger partial charge in [-0.1, -0.05) is 0 Å². The van der Waals surface area contributed by atoms with Gasteiger partial charge in [-0.3, -0.25) is 19.4 Å². The number of aromatic nitrogens is 4. The third-order valence-electron chi connectivity index (χ3n) is 3.29. The Bertz CT molecular complexity index is 627. The Kier molecular flexibility index (Phi) is 3.89. The normalized spacial score (nSPS) is 14.7. The third-order valence-corrected chi connectivity index (χ3v) is 3.29. The minimum absolute atomic E-state index is 0.0623. The highest BCUT2D eigenvalue weighted by atomic mass is 16.3. The fourth-order valence-electron chi connectivity index (χ4n) is 2.34. The van der Waals surface area contributed by atoms with Crippen LogP contribution in [0, 0.1) is 0 Å². The molecule has 1 amide bonds. The van der Waals surface area contributed by atoms with Crippen LogP contribution < -0.4 is 5.32 Å². The largest absolute Gasteiger partial charge is 0.390 e. The lowest BCUT2D eigenvalue weighted by atomic mass is 10.3. The molecule has 2 aromatic rings. The first-order chi connectivity index (χ1) is 10.2. The fraction of sp³-hybridized carbons (Fsp3) is 0.385. The molecule has 0 saturated heterocycles. The van der Waals surface area contributed by atoms with Gasteiger partial charge in [0, 0.05) is 25.5 Å². The smallest absolute Gasteiger partial charge is 0.239 e. The molecule has 0 aromatic carbocycles. The van der Waals surface area contributed by atoms with Crippen molar-refractivity contribution in [3.8, 4) is 0 Å². The first-order valence-electron chi connectivity index (χ1n) is 6.69. The number of nitrogens with zero attached hydrogens (tertiary/aromatic N) is 5. The standard InChI is InChI=1S/C13H16N6O2/c20-9-10-5-11-7-18(3-4-19(11)17-10)8-13(21)16-12-6-14-1-2-15-12/h1-2,5-6,20H,3-4,7-9H2,(H,15,16,21). The third kappa shape index (κ3) is 3.23. The molecule has 3 rings (SSSR count). The number of hydrogen-bond donors (Lipinski definition) is 2. The second-order valence-corrected chi connectivity index (χ2v) is 4.86. The van der Waals surface area contributed by atoms with Crippen LogP contribution in [0.25, 0.3) is 0 Å². The van der Waals surface area contributed by atoms with Crippen LogP contribution in [-0.2, 0) is 24.5 Å². The highest BCUT2D eigenvalue weighted by molar-refractivity contribution is 5.91. The van der Waals surface area contributed by atoms with E-state index in [0.29, 0.717) is 24.6 Å². The zero-order valence-electron chi connectivity index (χ0n) is 11.4. The Morgan fingerprint density at radius 1 is 1.38 bits per heavy atom. The first kappa shape index (κ1) is 13.7. The number of amides is 1. The molecule has 1 aliphatic rings. The van der Waals surface area contributed by atoms with Gasteiger partial charge in [0.25, 0.3) is 0 Å². The van der Waals surface area contributed by atoms with Gasteiger partial charge < -0.3 is 10.4 Å². The quantitative estimate of drug-likeness (QED) is 0.796. The molecule has 0 unspecified atom stereocenters. The van der Waals surface area contributed by atoms with Crippen LogP contribution in [0.15, 0.2) is 24.7 Å². The molecule has 1 aliphatic heterocycles. The van der Waals surface area contributed by atoms with E-state index in [0.717, 1.165) is 12.2 Å². The zero-order chi connectivity index (χ0) is 14.7. The zero-order valence-corrected chi connectivity index (χ0v) is 11.4. The molecule has 8 nitrogen and oxygen atoms in total. The first-order valence-corrected chi connectivity index (χ1v) is 6.69. The van der Waals surface area contributed by atoms with Gasteiger partial charge >= 0.3 is 0 Å². The van der Waals surface area contributed by atoms with Crippen LogP contribution in [0.3, 0.4) is 0 Å². The molecule has 0 spiro atoms. The van der Waals surface area contributed by atoms with Gasteiger partial charge in [-0.05, 0) is 6.07 Å². The van der Waals surface area contributed by atoms with Crippen LogP contribution in [0.5, 0.6) is 0 Å². The molecule has 110 valence electrons. The van der Waals surface area contributed by atoms with Gasteiger partial charge in [0.2, 0.25) is 5.91 Å². The summed E-state index contributed by atoms with van der Waals surface area (Å²) in [6.07, 6.45) is 4.60. The second-order valence-electron chi connectivity index (χ2n) is 4.86. The molecule has 0 bridgehead atoms. The van der Waals surface area contributed by atoms with Crippen molar-refractivity contribution in [2.24, 2.45) is 0 Å². The van der Waals surface area contributed by atoms with Crippen molar-refractivity contribution in [1.82, 2.24) is 24.6 Å². The van der Waals surface area contributed by atoms with E-state index in [4.69, 9.17) is 5.11 Å². The van der Waals surface area contributed by atoms with Crippen molar-refractivity contribution >= 4 is 11.7 Å². The number of fused-ring (bicyclic) bond motifs is 1. The van der Waals surface area contributed by atoms with Crippen molar-refractivity contribution in [2.45, 2.75) is 19.7 Å². The number of rotatable bonds is 4. The van der Waals surface area contributed by atoms with Crippen molar-refractivity contribution in [1.29, 1.82) is 0 Å². The van der Waals surface area contributed by atoms with Gasteiger partial charge in [-0.15, -0.1) is 0 Å². The van der Waals surface area contributed by atoms with Gasteiger partial charge in [0.15, 0.2) is 5.82 Å². The summed E-state index contributed by atoms with van der Waals surface area (Å²) in [5, 5.41) is 16.1. The van der Waals surface area contributed by atoms with E-state index >= 15 is 0 Å². The van der Waals surface area contributed by atoms with E-state index in [1.54, 1.807) is 6.20 Å². The maximum Gasteiger partial charge on any atom is 0.239 e. The number of carbonyl (C=O) groups excluding carboxylic acids is 1. The van der Waals surface area contributed by atoms with Gasteiger partial charge in [0.1, 0.15) is 0 Å². The van der Waals surface area contributed by atoms with Crippen LogP contribution in [0.4, 0.5) is 5.82 Å². The Morgan fingerprint density at radius 2 is 2.29 bits per heavy atom. The van der Waals surface area contributed by atoms with Crippen molar-refractivity contribution in [2.75, 3.05) is 18.4 Å². The lowest BCUT2D eigenvalue weighted by Crippen LogP contribution is -2.39. The average molecular weight is 288 g/mol. The molecule has 0 atom stereocenters. The number of nitrogens with one attached hydrogen (secondary N) is 1. The molecule has 3 heterocycles. The molecule has 0 fully saturated rings. The van der Waals surface area contributed by atoms with E-state index in [1.807, 2.05) is 15.6 Å². The number of anilines is 1. The molecule has 0 radical (unpaired) electrons. The highest BCUT2D eigenvalue weighted by Gasteiger charge is 2.20. The minimum Gasteiger partial charge on any atom is -0.390 e. The van der Waals surface area contributed by atoms with Gasteiger partial charge in [-0.2, -0.15) is 5.10 Å². The summed E-state index contributed by atoms with van der Waals surface area (Å²) in [6.45, 7) is 2.32. The van der Waals surface area contributed by atoms with E-state index < -0.39 is 0 Å². The summed E-state index contributed by atoms with van der Waals surface area (Å²) in [7, 11) is 0. The molecule has 8 heteroatoms. The SMILES string of the molecule is O=C(CN1CCn2nc(CO)cc2C1)Nc1cnccn1. The number of carbonyl (C=O) groups is 1. The maximum atomic E-state index is 12.0. The summed E-state index contributed by atoms with van der Waals surface area (Å²) in [5.41, 5.74) is 1.67. The van der Waals surface area contributed by atoms with Crippen LogP contribution in [0.2, 0.25) is 0 Å². The maximum absolute atomic E-state index is 12.0. The monoisotopic (exact) mass is 288 g/mol. The Morgan fingerprint density at radius 3 is 3.05 bits per heavy atom. The summed E-state index contributed by atoms with van der Waals surface area (Å²) in [5.74, 6) is 0.331. The molecule has 2 N–H and O–H groups in total. The molecule has 2 aromatic heterocycles. The highest BCUT2D eigenvalue weighted by Crippen LogP contribution is 2.13. The summed E-state index contributed by atoms with van der Waals surface area (Å²) in [4.78, 5) is 21.9. The predicted octanol–water partition coefficient (Wildman–Crippen LogP) is -0.380. The van der Waals surface area contributed by atoms with E-state index in [1.165, 1.54) is 12.4 Å². The minimum atomic E-state index is -0.120. The molecular weight excluding hydrogens is 272 g/mol. The lowest BCUT2D eigenvalue weighted by molar-refractivity contribution is -0.117. The van der Waals surface area contributed by atoms with Crippen LogP contribution >= 0.6 is 0 Å². The number of hydrogen-bond acceptors (Lipinski definition) is 6. The van der Waals surface area contributed by atoms with E-state index in [9.17, 15) is 4.79 Å². The Hall–Kier alpha value is -2.32. The molecule has 21 heavy (non-hydrogen) atoms. The van der Waals surface area contributed by atoms with E-state index in [2.05, 4.69) is 20.4 Å². The topological polar surface area (TPSA) is 96.2 Å². The van der Waals surface area contributed by atoms with Crippen LogP contribution in [-0.4, -0.2) is 48.8 Å². The summed E-state index contributed by atoms with van der Waals surface area (Å²) in [6, 6.07) is 1.87. The fourth-order valence-corrected chi connectivity index (χ4v) is 2.34. The summed E-state index contributed by atoms with van der Waals surface area (Å²) < 4.78 is 1.88. The van der Waals surface area contributed by atoms with Gasteiger partial charge in [0.05, 0.1) is 37.3 Å². The predicted molar refractivity (Wildman–Crippen MR) is 74.1 cm³/mol. The van der Waals surface area contributed by atoms with Crippen molar-refractivity contribution in [3.05, 3.63) is 36.0 Å². The van der Waals surface area contributed by atoms with Crippen molar-refractivity contribution in [3.63, 3.8) is 0 Å². The van der Waals surface area contributed by atoms with Gasteiger partial charge in [-0.25, -0.2) is 4.98 Å². The summed E-state index contributed by atoms with van der Waals surface area (Å²) >= 11 is 0. The Labute approximate surface area is 121 Å². The average Bonchev–Trinajstić information content (AvgIpc) is 2.90. The van der Waals surface area contributed by atoms with Crippen LogP contribution in [0.1, 0.15) is 11.4 Å². The molecule has 0 saturated carbocycles. The van der Waals surface area contributed by atoms with Crippen molar-refractivity contribution < 1.29 is 9.90 Å². The van der Waals surface area contributed by atoms with E-state index in [-0.39, 0.29) is 19.1 Å². The second kappa shape index (κ2) is 5.98. The number of aliphatic hydroxyl groups excluding tert-OH is 1.